The lowest BCUT2D eigenvalue weighted by Crippen LogP contribution is -2.24. The number of halogens is 1. The molecule has 0 aliphatic heterocycles. The monoisotopic (exact) mass is 320 g/mol. The maximum absolute atomic E-state index is 13.1. The molecule has 0 radical (unpaired) electrons. The SMILES string of the molecule is O=C(Cc1ccc(-c2cccnc2)cc1)NCc1cccc(F)c1. The van der Waals surface area contributed by atoms with E-state index in [0.29, 0.717) is 13.0 Å². The number of hydrogen-bond acceptors (Lipinski definition) is 2. The van der Waals surface area contributed by atoms with Gasteiger partial charge in [0, 0.05) is 18.9 Å². The molecule has 3 aromatic rings. The summed E-state index contributed by atoms with van der Waals surface area (Å²) >= 11 is 0. The van der Waals surface area contributed by atoms with E-state index in [1.54, 1.807) is 24.5 Å². The Morgan fingerprint density at radius 3 is 2.50 bits per heavy atom. The van der Waals surface area contributed by atoms with Crippen LogP contribution < -0.4 is 5.32 Å². The number of benzene rings is 2. The first kappa shape index (κ1) is 15.9. The molecular weight excluding hydrogens is 303 g/mol. The number of amides is 1. The summed E-state index contributed by atoms with van der Waals surface area (Å²) in [5.74, 6) is -0.388. The zero-order valence-electron chi connectivity index (χ0n) is 13.1. The number of rotatable bonds is 5. The van der Waals surface area contributed by atoms with E-state index in [4.69, 9.17) is 0 Å². The number of nitrogens with one attached hydrogen (secondary N) is 1. The van der Waals surface area contributed by atoms with Crippen LogP contribution in [0.4, 0.5) is 4.39 Å². The Labute approximate surface area is 140 Å². The van der Waals surface area contributed by atoms with Crippen molar-refractivity contribution in [2.24, 2.45) is 0 Å². The maximum atomic E-state index is 13.1. The molecule has 1 aromatic heterocycles. The van der Waals surface area contributed by atoms with Gasteiger partial charge in [-0.1, -0.05) is 42.5 Å². The maximum Gasteiger partial charge on any atom is 0.224 e. The fraction of sp³-hybridized carbons (Fsp3) is 0.100. The van der Waals surface area contributed by atoms with E-state index < -0.39 is 0 Å². The zero-order valence-corrected chi connectivity index (χ0v) is 13.1. The Kier molecular flexibility index (Phi) is 4.96. The molecule has 3 nitrogen and oxygen atoms in total. The van der Waals surface area contributed by atoms with Crippen LogP contribution in [0.1, 0.15) is 11.1 Å². The average molecular weight is 320 g/mol. The highest BCUT2D eigenvalue weighted by Crippen LogP contribution is 2.18. The Bertz CT molecular complexity index is 817. The molecule has 0 fully saturated rings. The number of hydrogen-bond donors (Lipinski definition) is 1. The van der Waals surface area contributed by atoms with E-state index in [-0.39, 0.29) is 11.7 Å². The first-order valence-corrected chi connectivity index (χ1v) is 7.71. The Morgan fingerprint density at radius 1 is 0.958 bits per heavy atom. The van der Waals surface area contributed by atoms with Crippen molar-refractivity contribution in [3.63, 3.8) is 0 Å². The summed E-state index contributed by atoms with van der Waals surface area (Å²) in [6.45, 7) is 0.324. The van der Waals surface area contributed by atoms with Gasteiger partial charge in [-0.2, -0.15) is 0 Å². The quantitative estimate of drug-likeness (QED) is 0.778. The second-order valence-electron chi connectivity index (χ2n) is 5.52. The predicted octanol–water partition coefficient (Wildman–Crippen LogP) is 3.75. The second kappa shape index (κ2) is 7.51. The summed E-state index contributed by atoms with van der Waals surface area (Å²) in [4.78, 5) is 16.1. The van der Waals surface area contributed by atoms with Gasteiger partial charge in [-0.15, -0.1) is 0 Å². The van der Waals surface area contributed by atoms with Crippen LogP contribution >= 0.6 is 0 Å². The molecule has 0 atom stereocenters. The smallest absolute Gasteiger partial charge is 0.224 e. The lowest BCUT2D eigenvalue weighted by molar-refractivity contribution is -0.120. The normalized spacial score (nSPS) is 10.4. The summed E-state index contributed by atoms with van der Waals surface area (Å²) in [5, 5.41) is 2.81. The Morgan fingerprint density at radius 2 is 1.79 bits per heavy atom. The van der Waals surface area contributed by atoms with Crippen molar-refractivity contribution >= 4 is 5.91 Å². The van der Waals surface area contributed by atoms with Crippen LogP contribution in [-0.4, -0.2) is 10.9 Å². The third-order valence-electron chi connectivity index (χ3n) is 3.69. The summed E-state index contributed by atoms with van der Waals surface area (Å²) in [6, 6.07) is 17.9. The lowest BCUT2D eigenvalue weighted by Gasteiger charge is -2.07. The zero-order chi connectivity index (χ0) is 16.8. The lowest BCUT2D eigenvalue weighted by atomic mass is 10.0. The summed E-state index contributed by atoms with van der Waals surface area (Å²) < 4.78 is 13.1. The topological polar surface area (TPSA) is 42.0 Å². The van der Waals surface area contributed by atoms with Gasteiger partial charge in [-0.25, -0.2) is 4.39 Å². The summed E-state index contributed by atoms with van der Waals surface area (Å²) in [7, 11) is 0. The van der Waals surface area contributed by atoms with E-state index in [2.05, 4.69) is 10.3 Å². The highest BCUT2D eigenvalue weighted by atomic mass is 19.1. The van der Waals surface area contributed by atoms with Gasteiger partial charge in [0.05, 0.1) is 6.42 Å². The molecule has 1 N–H and O–H groups in total. The fourth-order valence-corrected chi connectivity index (χ4v) is 2.44. The average Bonchev–Trinajstić information content (AvgIpc) is 2.61. The molecular formula is C20H17FN2O. The molecule has 1 amide bonds. The van der Waals surface area contributed by atoms with Crippen LogP contribution in [0.25, 0.3) is 11.1 Å². The minimum absolute atomic E-state index is 0.0895. The first-order chi connectivity index (χ1) is 11.7. The van der Waals surface area contributed by atoms with E-state index in [9.17, 15) is 9.18 Å². The Balaban J connectivity index is 1.57. The summed E-state index contributed by atoms with van der Waals surface area (Å²) in [6.07, 6.45) is 3.84. The minimum Gasteiger partial charge on any atom is -0.352 e. The van der Waals surface area contributed by atoms with Crippen molar-refractivity contribution in [2.75, 3.05) is 0 Å². The Hall–Kier alpha value is -3.01. The van der Waals surface area contributed by atoms with Crippen molar-refractivity contribution in [2.45, 2.75) is 13.0 Å². The predicted molar refractivity (Wildman–Crippen MR) is 91.6 cm³/mol. The van der Waals surface area contributed by atoms with Crippen LogP contribution in [0.15, 0.2) is 73.1 Å². The van der Waals surface area contributed by atoms with Crippen molar-refractivity contribution in [3.8, 4) is 11.1 Å². The van der Waals surface area contributed by atoms with Gasteiger partial charge >= 0.3 is 0 Å². The van der Waals surface area contributed by atoms with Crippen LogP contribution in [0.5, 0.6) is 0 Å². The molecule has 0 saturated carbocycles. The first-order valence-electron chi connectivity index (χ1n) is 7.71. The van der Waals surface area contributed by atoms with Gasteiger partial charge in [-0.05, 0) is 40.5 Å². The van der Waals surface area contributed by atoms with Gasteiger partial charge < -0.3 is 5.32 Å². The third kappa shape index (κ3) is 4.26. The third-order valence-corrected chi connectivity index (χ3v) is 3.69. The van der Waals surface area contributed by atoms with Crippen molar-refractivity contribution in [1.82, 2.24) is 10.3 Å². The number of carbonyl (C=O) groups excluding carboxylic acids is 1. The van der Waals surface area contributed by atoms with Crippen molar-refractivity contribution < 1.29 is 9.18 Å². The largest absolute Gasteiger partial charge is 0.352 e. The highest BCUT2D eigenvalue weighted by Gasteiger charge is 2.05. The van der Waals surface area contributed by atoms with Crippen LogP contribution in [0.3, 0.4) is 0 Å². The molecule has 4 heteroatoms. The van der Waals surface area contributed by atoms with E-state index in [0.717, 1.165) is 22.3 Å². The van der Waals surface area contributed by atoms with E-state index >= 15 is 0 Å². The molecule has 0 unspecified atom stereocenters. The van der Waals surface area contributed by atoms with Crippen LogP contribution in [0, 0.1) is 5.82 Å². The van der Waals surface area contributed by atoms with Gasteiger partial charge in [0.2, 0.25) is 5.91 Å². The van der Waals surface area contributed by atoms with Gasteiger partial charge in [0.1, 0.15) is 5.82 Å². The molecule has 0 aliphatic carbocycles. The molecule has 24 heavy (non-hydrogen) atoms. The number of nitrogens with zero attached hydrogens (tertiary/aromatic N) is 1. The number of carbonyl (C=O) groups is 1. The molecule has 0 bridgehead atoms. The highest BCUT2D eigenvalue weighted by molar-refractivity contribution is 5.78. The fourth-order valence-electron chi connectivity index (χ4n) is 2.44. The van der Waals surface area contributed by atoms with Crippen molar-refractivity contribution in [3.05, 3.63) is 90.0 Å². The van der Waals surface area contributed by atoms with Gasteiger partial charge in [0.25, 0.3) is 0 Å². The molecule has 0 spiro atoms. The number of aromatic nitrogens is 1. The number of pyridine rings is 1. The molecule has 0 saturated heterocycles. The molecule has 1 heterocycles. The summed E-state index contributed by atoms with van der Waals surface area (Å²) in [5.41, 5.74) is 3.78. The van der Waals surface area contributed by atoms with Crippen LogP contribution in [-0.2, 0) is 17.8 Å². The molecule has 0 aliphatic rings. The molecule has 120 valence electrons. The van der Waals surface area contributed by atoms with Crippen LogP contribution in [0.2, 0.25) is 0 Å². The standard InChI is InChI=1S/C20H17FN2O/c21-19-5-1-3-16(11-19)13-23-20(24)12-15-6-8-17(9-7-15)18-4-2-10-22-14-18/h1-11,14H,12-13H2,(H,23,24). The van der Waals surface area contributed by atoms with Crippen molar-refractivity contribution in [1.29, 1.82) is 0 Å². The van der Waals surface area contributed by atoms with E-state index in [1.165, 1.54) is 12.1 Å². The van der Waals surface area contributed by atoms with Gasteiger partial charge in [-0.3, -0.25) is 9.78 Å². The van der Waals surface area contributed by atoms with E-state index in [1.807, 2.05) is 36.4 Å². The van der Waals surface area contributed by atoms with Gasteiger partial charge in [0.15, 0.2) is 0 Å². The minimum atomic E-state index is -0.298. The second-order valence-corrected chi connectivity index (χ2v) is 5.52. The molecule has 2 aromatic carbocycles. The molecule has 3 rings (SSSR count).